The van der Waals surface area contributed by atoms with Crippen LogP contribution in [-0.4, -0.2) is 0 Å². The van der Waals surface area contributed by atoms with Gasteiger partial charge in [0.25, 0.3) is 0 Å². The molecule has 0 spiro atoms. The maximum atomic E-state index is 4.10. The molecule has 2 nitrogen and oxygen atoms in total. The molecule has 0 N–H and O–H groups in total. The molecule has 0 bridgehead atoms. The summed E-state index contributed by atoms with van der Waals surface area (Å²) in [5.74, 6) is 0. The van der Waals surface area contributed by atoms with Crippen molar-refractivity contribution in [2.24, 2.45) is 10.2 Å². The maximum Gasteiger partial charge on any atom is 0.0857 e. The van der Waals surface area contributed by atoms with Gasteiger partial charge in [0, 0.05) is 0 Å². The second-order valence-electron chi connectivity index (χ2n) is 4.58. The smallest absolute Gasteiger partial charge is 0.0857 e. The average Bonchev–Trinajstić information content (AvgIpc) is 2.53. The van der Waals surface area contributed by atoms with Gasteiger partial charge < -0.3 is 0 Å². The Labute approximate surface area is 122 Å². The van der Waals surface area contributed by atoms with Gasteiger partial charge in [-0.1, -0.05) is 75.9 Å². The molecule has 0 saturated carbocycles. The third-order valence-electron chi connectivity index (χ3n) is 2.75. The quantitative estimate of drug-likeness (QED) is 0.426. The Bertz CT molecular complexity index is 418. The zero-order chi connectivity index (χ0) is 14.5. The topological polar surface area (TPSA) is 24.7 Å². The molecule has 0 atom stereocenters. The van der Waals surface area contributed by atoms with Crippen LogP contribution in [0.25, 0.3) is 0 Å². The second kappa shape index (κ2) is 10.9. The summed E-state index contributed by atoms with van der Waals surface area (Å²) in [6.45, 7) is 4.46. The van der Waals surface area contributed by atoms with E-state index in [4.69, 9.17) is 0 Å². The summed E-state index contributed by atoms with van der Waals surface area (Å²) in [4.78, 5) is 0. The van der Waals surface area contributed by atoms with Crippen molar-refractivity contribution in [1.82, 2.24) is 0 Å². The molecule has 0 heterocycles. The van der Waals surface area contributed by atoms with Gasteiger partial charge in [-0.15, -0.1) is 0 Å². The SMILES string of the molecule is CCCCCC.c1ccc(N=Nc2ccccc2)cc1. The van der Waals surface area contributed by atoms with Gasteiger partial charge in [-0.2, -0.15) is 10.2 Å². The van der Waals surface area contributed by atoms with Crippen LogP contribution in [0.5, 0.6) is 0 Å². The number of rotatable bonds is 5. The van der Waals surface area contributed by atoms with Crippen LogP contribution in [0.3, 0.4) is 0 Å². The van der Waals surface area contributed by atoms with E-state index in [2.05, 4.69) is 24.1 Å². The van der Waals surface area contributed by atoms with Crippen molar-refractivity contribution in [3.8, 4) is 0 Å². The lowest BCUT2D eigenvalue weighted by molar-refractivity contribution is 0.702. The van der Waals surface area contributed by atoms with E-state index in [1.807, 2.05) is 60.7 Å². The van der Waals surface area contributed by atoms with Crippen molar-refractivity contribution in [2.45, 2.75) is 39.5 Å². The van der Waals surface area contributed by atoms with E-state index in [-0.39, 0.29) is 0 Å². The van der Waals surface area contributed by atoms with Crippen LogP contribution >= 0.6 is 0 Å². The minimum atomic E-state index is 0.872. The van der Waals surface area contributed by atoms with Gasteiger partial charge in [0.15, 0.2) is 0 Å². The Morgan fingerprint density at radius 3 is 1.25 bits per heavy atom. The van der Waals surface area contributed by atoms with Gasteiger partial charge in [0.1, 0.15) is 0 Å². The molecular weight excluding hydrogens is 244 g/mol. The van der Waals surface area contributed by atoms with Crippen LogP contribution in [-0.2, 0) is 0 Å². The van der Waals surface area contributed by atoms with Gasteiger partial charge in [-0.25, -0.2) is 0 Å². The molecule has 0 aliphatic heterocycles. The summed E-state index contributed by atoms with van der Waals surface area (Å²) in [5.41, 5.74) is 1.74. The molecule has 2 heteroatoms. The van der Waals surface area contributed by atoms with Gasteiger partial charge in [0.05, 0.1) is 11.4 Å². The molecule has 0 unspecified atom stereocenters. The van der Waals surface area contributed by atoms with E-state index in [1.54, 1.807) is 0 Å². The highest BCUT2D eigenvalue weighted by atomic mass is 15.1. The molecule has 0 aliphatic carbocycles. The second-order valence-corrected chi connectivity index (χ2v) is 4.58. The van der Waals surface area contributed by atoms with Gasteiger partial charge in [-0.3, -0.25) is 0 Å². The van der Waals surface area contributed by atoms with E-state index in [0.717, 1.165) is 11.4 Å². The Hall–Kier alpha value is -1.96. The molecule has 106 valence electrons. The van der Waals surface area contributed by atoms with Crippen molar-refractivity contribution in [3.63, 3.8) is 0 Å². The van der Waals surface area contributed by atoms with Gasteiger partial charge in [-0.05, 0) is 24.3 Å². The predicted octanol–water partition coefficient (Wildman–Crippen LogP) is 6.69. The van der Waals surface area contributed by atoms with Crippen LogP contribution in [0, 0.1) is 0 Å². The fraction of sp³-hybridized carbons (Fsp3) is 0.333. The van der Waals surface area contributed by atoms with Crippen molar-refractivity contribution in [3.05, 3.63) is 60.7 Å². The third-order valence-corrected chi connectivity index (χ3v) is 2.75. The van der Waals surface area contributed by atoms with Crippen LogP contribution in [0.15, 0.2) is 70.9 Å². The Morgan fingerprint density at radius 2 is 0.950 bits per heavy atom. The molecule has 20 heavy (non-hydrogen) atoms. The highest BCUT2D eigenvalue weighted by molar-refractivity contribution is 5.39. The van der Waals surface area contributed by atoms with Crippen LogP contribution in [0.4, 0.5) is 11.4 Å². The van der Waals surface area contributed by atoms with Crippen molar-refractivity contribution >= 4 is 11.4 Å². The van der Waals surface area contributed by atoms with E-state index in [9.17, 15) is 0 Å². The lowest BCUT2D eigenvalue weighted by Crippen LogP contribution is -1.66. The normalized spacial score (nSPS) is 10.1. The number of hydrogen-bond donors (Lipinski definition) is 0. The molecule has 0 amide bonds. The zero-order valence-electron chi connectivity index (χ0n) is 12.5. The first kappa shape index (κ1) is 16.1. The number of nitrogens with zero attached hydrogens (tertiary/aromatic N) is 2. The molecule has 0 saturated heterocycles. The summed E-state index contributed by atoms with van der Waals surface area (Å²) in [6.07, 6.45) is 5.54. The molecule has 2 aromatic rings. The Balaban J connectivity index is 0.000000286. The van der Waals surface area contributed by atoms with E-state index in [1.165, 1.54) is 25.7 Å². The molecule has 2 rings (SSSR count). The van der Waals surface area contributed by atoms with Crippen LogP contribution < -0.4 is 0 Å². The fourth-order valence-electron chi connectivity index (χ4n) is 1.60. The number of benzene rings is 2. The monoisotopic (exact) mass is 268 g/mol. The number of azo groups is 1. The minimum Gasteiger partial charge on any atom is -0.151 e. The molecule has 2 aromatic carbocycles. The summed E-state index contributed by atoms with van der Waals surface area (Å²) in [7, 11) is 0. The Morgan fingerprint density at radius 1 is 0.600 bits per heavy atom. The maximum absolute atomic E-state index is 4.10. The summed E-state index contributed by atoms with van der Waals surface area (Å²) in [5, 5.41) is 8.20. The van der Waals surface area contributed by atoms with E-state index in [0.29, 0.717) is 0 Å². The van der Waals surface area contributed by atoms with Crippen LogP contribution in [0.1, 0.15) is 39.5 Å². The first-order valence-corrected chi connectivity index (χ1v) is 7.38. The zero-order valence-corrected chi connectivity index (χ0v) is 12.5. The summed E-state index contributed by atoms with van der Waals surface area (Å²) in [6, 6.07) is 19.4. The fourth-order valence-corrected chi connectivity index (χ4v) is 1.60. The Kier molecular flexibility index (Phi) is 8.79. The van der Waals surface area contributed by atoms with Gasteiger partial charge in [0.2, 0.25) is 0 Å². The van der Waals surface area contributed by atoms with Crippen LogP contribution in [0.2, 0.25) is 0 Å². The van der Waals surface area contributed by atoms with Crippen molar-refractivity contribution < 1.29 is 0 Å². The standard InChI is InChI=1S/C12H10N2.C6H14/c1-3-7-11(8-4-1)13-14-12-9-5-2-6-10-12;1-3-5-6-4-2/h1-10H;3-6H2,1-2H3. The lowest BCUT2D eigenvalue weighted by Gasteiger charge is -1.91. The largest absolute Gasteiger partial charge is 0.151 e. The number of hydrogen-bond acceptors (Lipinski definition) is 2. The lowest BCUT2D eigenvalue weighted by atomic mass is 10.2. The first-order valence-electron chi connectivity index (χ1n) is 7.38. The first-order chi connectivity index (χ1) is 9.86. The average molecular weight is 268 g/mol. The molecule has 0 aromatic heterocycles. The minimum absolute atomic E-state index is 0.872. The third kappa shape index (κ3) is 7.47. The van der Waals surface area contributed by atoms with E-state index >= 15 is 0 Å². The summed E-state index contributed by atoms with van der Waals surface area (Å²) < 4.78 is 0. The molecule has 0 aliphatic rings. The summed E-state index contributed by atoms with van der Waals surface area (Å²) >= 11 is 0. The predicted molar refractivity (Wildman–Crippen MR) is 86.9 cm³/mol. The molecular formula is C18H24N2. The molecule has 0 fully saturated rings. The van der Waals surface area contributed by atoms with Crippen molar-refractivity contribution in [1.29, 1.82) is 0 Å². The van der Waals surface area contributed by atoms with E-state index < -0.39 is 0 Å². The highest BCUT2D eigenvalue weighted by Crippen LogP contribution is 2.16. The number of unbranched alkanes of at least 4 members (excludes halogenated alkanes) is 3. The van der Waals surface area contributed by atoms with Gasteiger partial charge >= 0.3 is 0 Å². The highest BCUT2D eigenvalue weighted by Gasteiger charge is 1.86. The van der Waals surface area contributed by atoms with Crippen molar-refractivity contribution in [2.75, 3.05) is 0 Å². The molecule has 0 radical (unpaired) electrons.